The number of benzene rings is 1. The molecule has 27 heavy (non-hydrogen) atoms. The molecule has 3 atom stereocenters. The SMILES string of the molecule is CCOC(=O)c1cccc(OC2C[C@H]3CC[C@@H](C2)N3C(=O)OC(C)(C)C)c1. The summed E-state index contributed by atoms with van der Waals surface area (Å²) in [4.78, 5) is 26.3. The number of carbonyl (C=O) groups is 2. The summed E-state index contributed by atoms with van der Waals surface area (Å²) in [6.45, 7) is 7.79. The molecule has 148 valence electrons. The van der Waals surface area contributed by atoms with E-state index < -0.39 is 5.60 Å². The van der Waals surface area contributed by atoms with Crippen LogP contribution in [0.5, 0.6) is 5.75 Å². The van der Waals surface area contributed by atoms with E-state index in [1.54, 1.807) is 25.1 Å². The molecule has 1 aromatic rings. The monoisotopic (exact) mass is 375 g/mol. The Labute approximate surface area is 160 Å². The first-order chi connectivity index (χ1) is 12.8. The molecule has 2 fully saturated rings. The van der Waals surface area contributed by atoms with Crippen molar-refractivity contribution < 1.29 is 23.8 Å². The van der Waals surface area contributed by atoms with Crippen molar-refractivity contribution in [1.29, 1.82) is 0 Å². The second kappa shape index (κ2) is 7.79. The highest BCUT2D eigenvalue weighted by Gasteiger charge is 2.45. The zero-order chi connectivity index (χ0) is 19.6. The average Bonchev–Trinajstić information content (AvgIpc) is 2.85. The first-order valence-electron chi connectivity index (χ1n) is 9.72. The van der Waals surface area contributed by atoms with E-state index in [1.807, 2.05) is 31.7 Å². The van der Waals surface area contributed by atoms with Crippen molar-refractivity contribution in [3.63, 3.8) is 0 Å². The van der Waals surface area contributed by atoms with Crippen molar-refractivity contribution >= 4 is 12.1 Å². The molecule has 0 aromatic heterocycles. The normalized spacial score (nSPS) is 24.4. The van der Waals surface area contributed by atoms with Crippen LogP contribution in [-0.2, 0) is 9.47 Å². The predicted octanol–water partition coefficient (Wildman–Crippen LogP) is 4.17. The van der Waals surface area contributed by atoms with Crippen molar-refractivity contribution in [3.05, 3.63) is 29.8 Å². The number of esters is 1. The lowest BCUT2D eigenvalue weighted by Crippen LogP contribution is -2.50. The molecule has 1 amide bonds. The zero-order valence-corrected chi connectivity index (χ0v) is 16.6. The molecule has 2 bridgehead atoms. The lowest BCUT2D eigenvalue weighted by Gasteiger charge is -2.39. The number of rotatable bonds is 4. The lowest BCUT2D eigenvalue weighted by atomic mass is 10.00. The van der Waals surface area contributed by atoms with Crippen LogP contribution < -0.4 is 4.74 Å². The summed E-state index contributed by atoms with van der Waals surface area (Å²) in [5, 5.41) is 0. The fourth-order valence-corrected chi connectivity index (χ4v) is 3.94. The molecular formula is C21H29NO5. The van der Waals surface area contributed by atoms with Crippen LogP contribution in [0.15, 0.2) is 24.3 Å². The second-order valence-electron chi connectivity index (χ2n) is 8.23. The van der Waals surface area contributed by atoms with Crippen molar-refractivity contribution in [3.8, 4) is 5.75 Å². The molecule has 0 spiro atoms. The van der Waals surface area contributed by atoms with Crippen LogP contribution in [0.3, 0.4) is 0 Å². The number of piperidine rings is 1. The van der Waals surface area contributed by atoms with E-state index in [2.05, 4.69) is 0 Å². The van der Waals surface area contributed by atoms with Gasteiger partial charge >= 0.3 is 12.1 Å². The summed E-state index contributed by atoms with van der Waals surface area (Å²) in [5.41, 5.74) is 0.000682. The fourth-order valence-electron chi connectivity index (χ4n) is 3.94. The third-order valence-corrected chi connectivity index (χ3v) is 4.94. The predicted molar refractivity (Wildman–Crippen MR) is 101 cm³/mol. The van der Waals surface area contributed by atoms with Crippen LogP contribution in [0.1, 0.15) is 63.7 Å². The Kier molecular flexibility index (Phi) is 5.63. The molecule has 1 unspecified atom stereocenters. The molecule has 2 saturated heterocycles. The van der Waals surface area contributed by atoms with E-state index in [1.165, 1.54) is 0 Å². The van der Waals surface area contributed by atoms with Gasteiger partial charge in [-0.25, -0.2) is 9.59 Å². The van der Waals surface area contributed by atoms with E-state index in [0.717, 1.165) is 25.7 Å². The fraction of sp³-hybridized carbons (Fsp3) is 0.619. The number of ether oxygens (including phenoxy) is 3. The van der Waals surface area contributed by atoms with Gasteiger partial charge in [-0.15, -0.1) is 0 Å². The molecule has 0 aliphatic carbocycles. The van der Waals surface area contributed by atoms with Crippen molar-refractivity contribution in [2.75, 3.05) is 6.61 Å². The molecule has 1 aromatic carbocycles. The Morgan fingerprint density at radius 3 is 2.41 bits per heavy atom. The molecule has 0 radical (unpaired) electrons. The summed E-state index contributed by atoms with van der Waals surface area (Å²) >= 11 is 0. The number of hydrogen-bond donors (Lipinski definition) is 0. The number of hydrogen-bond acceptors (Lipinski definition) is 5. The standard InChI is InChI=1S/C21H29NO5/c1-5-25-19(23)14-7-6-8-17(11-14)26-18-12-15-9-10-16(13-18)22(15)20(24)27-21(2,3)4/h6-8,11,15-16,18H,5,9-10,12-13H2,1-4H3/t15-,16+,18?. The van der Waals surface area contributed by atoms with Gasteiger partial charge in [0.1, 0.15) is 17.5 Å². The maximum absolute atomic E-state index is 12.5. The van der Waals surface area contributed by atoms with E-state index in [-0.39, 0.29) is 30.3 Å². The van der Waals surface area contributed by atoms with E-state index in [4.69, 9.17) is 14.2 Å². The van der Waals surface area contributed by atoms with Crippen molar-refractivity contribution in [2.24, 2.45) is 0 Å². The van der Waals surface area contributed by atoms with Gasteiger partial charge in [-0.05, 0) is 58.7 Å². The van der Waals surface area contributed by atoms with Crippen molar-refractivity contribution in [2.45, 2.75) is 77.2 Å². The summed E-state index contributed by atoms with van der Waals surface area (Å²) < 4.78 is 16.8. The first-order valence-corrected chi connectivity index (χ1v) is 9.72. The maximum atomic E-state index is 12.5. The Hall–Kier alpha value is -2.24. The Morgan fingerprint density at radius 2 is 1.81 bits per heavy atom. The van der Waals surface area contributed by atoms with E-state index in [0.29, 0.717) is 17.9 Å². The van der Waals surface area contributed by atoms with Crippen LogP contribution in [0.4, 0.5) is 4.79 Å². The van der Waals surface area contributed by atoms with Gasteiger partial charge in [0, 0.05) is 24.9 Å². The summed E-state index contributed by atoms with van der Waals surface area (Å²) in [6.07, 6.45) is 3.31. The van der Waals surface area contributed by atoms with Crippen molar-refractivity contribution in [1.82, 2.24) is 4.90 Å². The average molecular weight is 375 g/mol. The third-order valence-electron chi connectivity index (χ3n) is 4.94. The lowest BCUT2D eigenvalue weighted by molar-refractivity contribution is -0.00713. The Morgan fingerprint density at radius 1 is 1.15 bits per heavy atom. The second-order valence-corrected chi connectivity index (χ2v) is 8.23. The molecule has 2 aliphatic heterocycles. The molecule has 6 heteroatoms. The van der Waals surface area contributed by atoms with Crippen LogP contribution >= 0.6 is 0 Å². The first kappa shape index (κ1) is 19.5. The van der Waals surface area contributed by atoms with Crippen LogP contribution in [0.2, 0.25) is 0 Å². The molecule has 2 heterocycles. The van der Waals surface area contributed by atoms with E-state index in [9.17, 15) is 9.59 Å². The number of fused-ring (bicyclic) bond motifs is 2. The minimum Gasteiger partial charge on any atom is -0.490 e. The number of carbonyl (C=O) groups excluding carboxylic acids is 2. The molecule has 0 saturated carbocycles. The van der Waals surface area contributed by atoms with Gasteiger partial charge in [0.15, 0.2) is 0 Å². The third kappa shape index (κ3) is 4.73. The highest BCUT2D eigenvalue weighted by Crippen LogP contribution is 2.38. The number of amides is 1. The summed E-state index contributed by atoms with van der Waals surface area (Å²) in [5.74, 6) is 0.318. The maximum Gasteiger partial charge on any atom is 0.410 e. The minimum atomic E-state index is -0.489. The van der Waals surface area contributed by atoms with Crippen LogP contribution in [0.25, 0.3) is 0 Å². The minimum absolute atomic E-state index is 0.0265. The summed E-state index contributed by atoms with van der Waals surface area (Å²) in [6, 6.07) is 7.39. The highest BCUT2D eigenvalue weighted by molar-refractivity contribution is 5.89. The molecule has 3 rings (SSSR count). The van der Waals surface area contributed by atoms with Gasteiger partial charge in [-0.2, -0.15) is 0 Å². The van der Waals surface area contributed by atoms with Gasteiger partial charge in [0.05, 0.1) is 12.2 Å². The number of nitrogens with zero attached hydrogens (tertiary/aromatic N) is 1. The van der Waals surface area contributed by atoms with Gasteiger partial charge in [0.25, 0.3) is 0 Å². The molecule has 6 nitrogen and oxygen atoms in total. The Bertz CT molecular complexity index is 682. The quantitative estimate of drug-likeness (QED) is 0.739. The zero-order valence-electron chi connectivity index (χ0n) is 16.6. The van der Waals surface area contributed by atoms with Gasteiger partial charge in [0.2, 0.25) is 0 Å². The smallest absolute Gasteiger partial charge is 0.410 e. The molecule has 0 N–H and O–H groups in total. The molecule has 2 aliphatic rings. The largest absolute Gasteiger partial charge is 0.490 e. The van der Waals surface area contributed by atoms with E-state index >= 15 is 0 Å². The summed E-state index contributed by atoms with van der Waals surface area (Å²) in [7, 11) is 0. The van der Waals surface area contributed by atoms with Gasteiger partial charge in [-0.3, -0.25) is 0 Å². The van der Waals surface area contributed by atoms with Gasteiger partial charge in [-0.1, -0.05) is 6.07 Å². The van der Waals surface area contributed by atoms with Crippen LogP contribution in [0, 0.1) is 0 Å². The highest BCUT2D eigenvalue weighted by atomic mass is 16.6. The topological polar surface area (TPSA) is 65.1 Å². The Balaban J connectivity index is 1.63. The van der Waals surface area contributed by atoms with Crippen LogP contribution in [-0.4, -0.2) is 47.4 Å². The molecular weight excluding hydrogens is 346 g/mol. The van der Waals surface area contributed by atoms with Gasteiger partial charge < -0.3 is 19.1 Å².